The van der Waals surface area contributed by atoms with Crippen molar-refractivity contribution in [2.24, 2.45) is 0 Å². The summed E-state index contributed by atoms with van der Waals surface area (Å²) in [6.45, 7) is -0.613. The SMILES string of the molecule is O=C(NCC(O)C(F)F)Nc1ccccc1F. The van der Waals surface area contributed by atoms with Crippen LogP contribution in [0.5, 0.6) is 0 Å². The number of carbonyl (C=O) groups excluding carboxylic acids is 1. The Morgan fingerprint density at radius 2 is 2.00 bits per heavy atom. The molecule has 0 aromatic heterocycles. The van der Waals surface area contributed by atoms with Gasteiger partial charge < -0.3 is 15.7 Å². The van der Waals surface area contributed by atoms with Crippen molar-refractivity contribution in [1.29, 1.82) is 0 Å². The van der Waals surface area contributed by atoms with Crippen molar-refractivity contribution in [3.05, 3.63) is 30.1 Å². The lowest BCUT2D eigenvalue weighted by molar-refractivity contribution is -0.00155. The Kier molecular flexibility index (Phi) is 4.77. The fourth-order valence-electron chi connectivity index (χ4n) is 1.02. The van der Waals surface area contributed by atoms with E-state index < -0.39 is 30.9 Å². The van der Waals surface area contributed by atoms with Gasteiger partial charge in [-0.1, -0.05) is 12.1 Å². The van der Waals surface area contributed by atoms with E-state index in [1.54, 1.807) is 0 Å². The molecule has 0 aliphatic carbocycles. The normalized spacial score (nSPS) is 12.3. The molecule has 0 heterocycles. The molecule has 0 aliphatic heterocycles. The van der Waals surface area contributed by atoms with Crippen LogP contribution in [0.25, 0.3) is 0 Å². The summed E-state index contributed by atoms with van der Waals surface area (Å²) in [5.41, 5.74) is -0.0727. The average molecular weight is 248 g/mol. The minimum atomic E-state index is -2.94. The smallest absolute Gasteiger partial charge is 0.319 e. The molecule has 1 atom stereocenters. The molecule has 0 aliphatic rings. The van der Waals surface area contributed by atoms with Crippen LogP contribution in [0.2, 0.25) is 0 Å². The minimum absolute atomic E-state index is 0.0727. The summed E-state index contributed by atoms with van der Waals surface area (Å²) in [6.07, 6.45) is -4.88. The minimum Gasteiger partial charge on any atom is -0.385 e. The third kappa shape index (κ3) is 4.31. The number of benzene rings is 1. The lowest BCUT2D eigenvalue weighted by atomic mass is 10.3. The Morgan fingerprint density at radius 1 is 1.35 bits per heavy atom. The first kappa shape index (κ1) is 13.3. The van der Waals surface area contributed by atoms with Gasteiger partial charge in [-0.2, -0.15) is 0 Å². The molecule has 7 heteroatoms. The van der Waals surface area contributed by atoms with Crippen LogP contribution in [0.4, 0.5) is 23.7 Å². The van der Waals surface area contributed by atoms with Crippen molar-refractivity contribution in [2.75, 3.05) is 11.9 Å². The van der Waals surface area contributed by atoms with Crippen LogP contribution in [-0.2, 0) is 0 Å². The molecule has 4 nitrogen and oxygen atoms in total. The number of urea groups is 1. The molecule has 0 fully saturated rings. The first-order valence-corrected chi connectivity index (χ1v) is 4.76. The topological polar surface area (TPSA) is 61.4 Å². The summed E-state index contributed by atoms with van der Waals surface area (Å²) in [6, 6.07) is 4.54. The van der Waals surface area contributed by atoms with E-state index in [0.717, 1.165) is 6.07 Å². The quantitative estimate of drug-likeness (QED) is 0.757. The first-order valence-electron chi connectivity index (χ1n) is 4.76. The third-order valence-electron chi connectivity index (χ3n) is 1.88. The number of hydrogen-bond donors (Lipinski definition) is 3. The number of carbonyl (C=O) groups is 1. The summed E-state index contributed by atoms with van der Waals surface area (Å²) in [5.74, 6) is -0.642. The average Bonchev–Trinajstić information content (AvgIpc) is 2.29. The predicted molar refractivity (Wildman–Crippen MR) is 55.4 cm³/mol. The maximum absolute atomic E-state index is 13.1. The van der Waals surface area contributed by atoms with Crippen LogP contribution in [0, 0.1) is 5.82 Å². The molecule has 0 spiro atoms. The van der Waals surface area contributed by atoms with Gasteiger partial charge in [-0.15, -0.1) is 0 Å². The highest BCUT2D eigenvalue weighted by molar-refractivity contribution is 5.89. The lowest BCUT2D eigenvalue weighted by Crippen LogP contribution is -2.38. The van der Waals surface area contributed by atoms with E-state index in [1.165, 1.54) is 18.2 Å². The number of amides is 2. The summed E-state index contributed by atoms with van der Waals surface area (Å²) >= 11 is 0. The molecule has 3 N–H and O–H groups in total. The molecule has 0 saturated carbocycles. The molecule has 0 bridgehead atoms. The van der Waals surface area contributed by atoms with Crippen LogP contribution in [0.3, 0.4) is 0 Å². The summed E-state index contributed by atoms with van der Waals surface area (Å²) in [4.78, 5) is 11.1. The molecule has 0 saturated heterocycles. The van der Waals surface area contributed by atoms with E-state index in [4.69, 9.17) is 5.11 Å². The summed E-state index contributed by atoms with van der Waals surface area (Å²) in [7, 11) is 0. The van der Waals surface area contributed by atoms with Crippen LogP contribution in [-0.4, -0.2) is 30.2 Å². The maximum atomic E-state index is 13.1. The molecule has 1 aromatic carbocycles. The number of alkyl halides is 2. The molecular weight excluding hydrogens is 237 g/mol. The second kappa shape index (κ2) is 6.09. The number of hydrogen-bond acceptors (Lipinski definition) is 2. The Bertz CT molecular complexity index is 388. The molecule has 1 unspecified atom stereocenters. The van der Waals surface area contributed by atoms with Crippen molar-refractivity contribution in [3.63, 3.8) is 0 Å². The van der Waals surface area contributed by atoms with Gasteiger partial charge in [0.1, 0.15) is 11.9 Å². The molecule has 1 aromatic rings. The van der Waals surface area contributed by atoms with Gasteiger partial charge >= 0.3 is 6.03 Å². The van der Waals surface area contributed by atoms with E-state index in [9.17, 15) is 18.0 Å². The van der Waals surface area contributed by atoms with Crippen molar-refractivity contribution >= 4 is 11.7 Å². The van der Waals surface area contributed by atoms with Crippen LogP contribution in [0.1, 0.15) is 0 Å². The highest BCUT2D eigenvalue weighted by Crippen LogP contribution is 2.11. The molecule has 17 heavy (non-hydrogen) atoms. The van der Waals surface area contributed by atoms with E-state index in [1.807, 2.05) is 5.32 Å². The molecular formula is C10H11F3N2O2. The lowest BCUT2D eigenvalue weighted by Gasteiger charge is -2.11. The monoisotopic (exact) mass is 248 g/mol. The Hall–Kier alpha value is -1.76. The van der Waals surface area contributed by atoms with E-state index in [2.05, 4.69) is 5.32 Å². The van der Waals surface area contributed by atoms with E-state index >= 15 is 0 Å². The Balaban J connectivity index is 2.43. The predicted octanol–water partition coefficient (Wildman–Crippen LogP) is 1.57. The van der Waals surface area contributed by atoms with Gasteiger partial charge in [-0.3, -0.25) is 0 Å². The number of aliphatic hydroxyl groups is 1. The van der Waals surface area contributed by atoms with Crippen molar-refractivity contribution in [1.82, 2.24) is 5.32 Å². The number of halogens is 3. The van der Waals surface area contributed by atoms with Gasteiger partial charge in [-0.25, -0.2) is 18.0 Å². The van der Waals surface area contributed by atoms with Crippen molar-refractivity contribution in [2.45, 2.75) is 12.5 Å². The molecule has 2 amide bonds. The van der Waals surface area contributed by atoms with Gasteiger partial charge in [0, 0.05) is 0 Å². The molecule has 1 rings (SSSR count). The van der Waals surface area contributed by atoms with E-state index in [-0.39, 0.29) is 5.69 Å². The van der Waals surface area contributed by atoms with Gasteiger partial charge in [0.25, 0.3) is 6.43 Å². The van der Waals surface area contributed by atoms with Crippen LogP contribution in [0.15, 0.2) is 24.3 Å². The van der Waals surface area contributed by atoms with Crippen molar-refractivity contribution < 1.29 is 23.1 Å². The standard InChI is InChI=1S/C10H11F3N2O2/c11-6-3-1-2-4-7(6)15-10(17)14-5-8(16)9(12)13/h1-4,8-9,16H,5H2,(H2,14,15,17). The highest BCUT2D eigenvalue weighted by Gasteiger charge is 2.17. The number of para-hydroxylation sites is 1. The fourth-order valence-corrected chi connectivity index (χ4v) is 1.02. The van der Waals surface area contributed by atoms with Gasteiger partial charge in [0.05, 0.1) is 12.2 Å². The largest absolute Gasteiger partial charge is 0.385 e. The second-order valence-corrected chi connectivity index (χ2v) is 3.22. The molecule has 0 radical (unpaired) electrons. The third-order valence-corrected chi connectivity index (χ3v) is 1.88. The summed E-state index contributed by atoms with van der Waals surface area (Å²) < 4.78 is 36.8. The molecule has 94 valence electrons. The van der Waals surface area contributed by atoms with Crippen LogP contribution >= 0.6 is 0 Å². The summed E-state index contributed by atoms with van der Waals surface area (Å²) in [5, 5.41) is 12.8. The Morgan fingerprint density at radius 3 is 2.59 bits per heavy atom. The number of anilines is 1. The highest BCUT2D eigenvalue weighted by atomic mass is 19.3. The fraction of sp³-hybridized carbons (Fsp3) is 0.300. The second-order valence-electron chi connectivity index (χ2n) is 3.22. The zero-order chi connectivity index (χ0) is 12.8. The first-order chi connectivity index (χ1) is 8.00. The zero-order valence-corrected chi connectivity index (χ0v) is 8.66. The van der Waals surface area contributed by atoms with Gasteiger partial charge in [0.2, 0.25) is 0 Å². The number of aliphatic hydroxyl groups excluding tert-OH is 1. The van der Waals surface area contributed by atoms with Crippen molar-refractivity contribution in [3.8, 4) is 0 Å². The number of nitrogens with one attached hydrogen (secondary N) is 2. The maximum Gasteiger partial charge on any atom is 0.319 e. The van der Waals surface area contributed by atoms with Crippen LogP contribution < -0.4 is 10.6 Å². The zero-order valence-electron chi connectivity index (χ0n) is 8.66. The van der Waals surface area contributed by atoms with Gasteiger partial charge in [0.15, 0.2) is 0 Å². The number of rotatable bonds is 4. The Labute approximate surface area is 95.4 Å². The van der Waals surface area contributed by atoms with E-state index in [0.29, 0.717) is 0 Å². The van der Waals surface area contributed by atoms with Gasteiger partial charge in [-0.05, 0) is 12.1 Å².